The normalized spacial score (nSPS) is 14.2. The van der Waals surface area contributed by atoms with Gasteiger partial charge in [0.25, 0.3) is 0 Å². The molecule has 2 aromatic rings. The second-order valence-corrected chi connectivity index (χ2v) is 5.62. The van der Waals surface area contributed by atoms with Crippen molar-refractivity contribution in [1.82, 2.24) is 9.97 Å². The molecule has 1 aliphatic carbocycles. The first-order valence-electron chi connectivity index (χ1n) is 6.44. The minimum absolute atomic E-state index is 0.561. The molecule has 1 aromatic carbocycles. The van der Waals surface area contributed by atoms with Gasteiger partial charge in [0.1, 0.15) is 5.82 Å². The maximum atomic E-state index is 6.16. The number of halogens is 2. The third-order valence-corrected chi connectivity index (χ3v) is 3.71. The molecule has 3 rings (SSSR count). The van der Waals surface area contributed by atoms with E-state index in [0.29, 0.717) is 21.9 Å². The molecular weight excluding hydrogens is 295 g/mol. The number of aromatic nitrogens is 2. The van der Waals surface area contributed by atoms with Gasteiger partial charge in [0, 0.05) is 24.1 Å². The molecule has 0 spiro atoms. The lowest BCUT2D eigenvalue weighted by Crippen LogP contribution is -2.03. The molecule has 4 nitrogen and oxygen atoms in total. The first kappa shape index (κ1) is 13.5. The van der Waals surface area contributed by atoms with Crippen LogP contribution in [0.25, 0.3) is 0 Å². The van der Waals surface area contributed by atoms with Crippen molar-refractivity contribution in [3.05, 3.63) is 40.0 Å². The predicted octanol–water partition coefficient (Wildman–Crippen LogP) is 4.45. The summed E-state index contributed by atoms with van der Waals surface area (Å²) >= 11 is 12.1. The molecule has 0 saturated heterocycles. The number of rotatable bonds is 4. The van der Waals surface area contributed by atoms with E-state index in [0.717, 1.165) is 17.2 Å². The zero-order chi connectivity index (χ0) is 14.1. The van der Waals surface area contributed by atoms with E-state index in [2.05, 4.69) is 20.6 Å². The Morgan fingerprint density at radius 1 is 1.15 bits per heavy atom. The highest BCUT2D eigenvalue weighted by Gasteiger charge is 2.26. The van der Waals surface area contributed by atoms with Gasteiger partial charge in [-0.05, 0) is 31.0 Å². The van der Waals surface area contributed by atoms with Crippen molar-refractivity contribution in [3.8, 4) is 0 Å². The summed E-state index contributed by atoms with van der Waals surface area (Å²) in [5, 5.41) is 7.37. The van der Waals surface area contributed by atoms with Gasteiger partial charge < -0.3 is 10.6 Å². The van der Waals surface area contributed by atoms with Crippen LogP contribution in [0.4, 0.5) is 17.5 Å². The van der Waals surface area contributed by atoms with E-state index < -0.39 is 0 Å². The predicted molar refractivity (Wildman–Crippen MR) is 83.3 cm³/mol. The standard InChI is InChI=1S/C14H14Cl2N4/c1-17-14-19-12(8-2-3-8)7-13(20-14)18-11-5-4-9(15)6-10(11)16/h4-8H,2-3H2,1H3,(H2,17,18,19,20). The molecule has 1 heterocycles. The van der Waals surface area contributed by atoms with Gasteiger partial charge in [0.15, 0.2) is 0 Å². The fourth-order valence-electron chi connectivity index (χ4n) is 1.96. The highest BCUT2D eigenvalue weighted by atomic mass is 35.5. The minimum atomic E-state index is 0.561. The highest BCUT2D eigenvalue weighted by Crippen LogP contribution is 2.40. The summed E-state index contributed by atoms with van der Waals surface area (Å²) in [4.78, 5) is 8.87. The smallest absolute Gasteiger partial charge is 0.224 e. The van der Waals surface area contributed by atoms with E-state index in [1.165, 1.54) is 12.8 Å². The second-order valence-electron chi connectivity index (χ2n) is 4.78. The van der Waals surface area contributed by atoms with Crippen LogP contribution in [-0.2, 0) is 0 Å². The minimum Gasteiger partial charge on any atom is -0.357 e. The maximum absolute atomic E-state index is 6.16. The third-order valence-electron chi connectivity index (χ3n) is 3.16. The van der Waals surface area contributed by atoms with Crippen molar-refractivity contribution in [2.24, 2.45) is 0 Å². The number of nitrogens with zero attached hydrogens (tertiary/aromatic N) is 2. The van der Waals surface area contributed by atoms with Gasteiger partial charge in [-0.2, -0.15) is 4.98 Å². The Hall–Kier alpha value is -1.52. The fourth-order valence-corrected chi connectivity index (χ4v) is 2.41. The quantitative estimate of drug-likeness (QED) is 0.876. The van der Waals surface area contributed by atoms with Crippen LogP contribution in [-0.4, -0.2) is 17.0 Å². The summed E-state index contributed by atoms with van der Waals surface area (Å²) in [5.74, 6) is 1.91. The van der Waals surface area contributed by atoms with Crippen molar-refractivity contribution in [3.63, 3.8) is 0 Å². The van der Waals surface area contributed by atoms with Crippen LogP contribution in [0.2, 0.25) is 10.0 Å². The van der Waals surface area contributed by atoms with Gasteiger partial charge in [-0.1, -0.05) is 23.2 Å². The lowest BCUT2D eigenvalue weighted by Gasteiger charge is -2.10. The van der Waals surface area contributed by atoms with Crippen LogP contribution in [0.1, 0.15) is 24.5 Å². The zero-order valence-corrected chi connectivity index (χ0v) is 12.5. The van der Waals surface area contributed by atoms with Crippen molar-refractivity contribution in [2.75, 3.05) is 17.7 Å². The fraction of sp³-hybridized carbons (Fsp3) is 0.286. The number of benzene rings is 1. The Bertz CT molecular complexity index is 641. The average molecular weight is 309 g/mol. The zero-order valence-electron chi connectivity index (χ0n) is 11.0. The molecule has 0 bridgehead atoms. The van der Waals surface area contributed by atoms with Gasteiger partial charge in [-0.3, -0.25) is 0 Å². The van der Waals surface area contributed by atoms with Crippen molar-refractivity contribution in [1.29, 1.82) is 0 Å². The molecule has 1 saturated carbocycles. The molecule has 0 unspecified atom stereocenters. The molecule has 0 atom stereocenters. The number of nitrogens with one attached hydrogen (secondary N) is 2. The number of anilines is 3. The molecule has 0 amide bonds. The van der Waals surface area contributed by atoms with E-state index in [4.69, 9.17) is 23.2 Å². The van der Waals surface area contributed by atoms with Crippen LogP contribution in [0.3, 0.4) is 0 Å². The monoisotopic (exact) mass is 308 g/mol. The Morgan fingerprint density at radius 2 is 1.95 bits per heavy atom. The van der Waals surface area contributed by atoms with E-state index in [9.17, 15) is 0 Å². The largest absolute Gasteiger partial charge is 0.357 e. The maximum Gasteiger partial charge on any atom is 0.224 e. The summed E-state index contributed by atoms with van der Waals surface area (Å²) in [6.07, 6.45) is 2.39. The van der Waals surface area contributed by atoms with Crippen LogP contribution >= 0.6 is 23.2 Å². The Balaban J connectivity index is 1.91. The summed E-state index contributed by atoms with van der Waals surface area (Å²) in [7, 11) is 1.81. The van der Waals surface area contributed by atoms with E-state index in [1.807, 2.05) is 19.2 Å². The van der Waals surface area contributed by atoms with Crippen LogP contribution in [0, 0.1) is 0 Å². The van der Waals surface area contributed by atoms with Crippen LogP contribution in [0.15, 0.2) is 24.3 Å². The van der Waals surface area contributed by atoms with Gasteiger partial charge in [0.2, 0.25) is 5.95 Å². The third kappa shape index (κ3) is 2.97. The Labute approximate surface area is 127 Å². The molecule has 0 aliphatic heterocycles. The first-order chi connectivity index (χ1) is 9.65. The first-order valence-corrected chi connectivity index (χ1v) is 7.20. The topological polar surface area (TPSA) is 49.8 Å². The summed E-state index contributed by atoms with van der Waals surface area (Å²) in [6.45, 7) is 0. The lowest BCUT2D eigenvalue weighted by molar-refractivity contribution is 0.991. The van der Waals surface area contributed by atoms with Gasteiger partial charge in [-0.25, -0.2) is 4.98 Å². The van der Waals surface area contributed by atoms with Gasteiger partial charge in [0.05, 0.1) is 16.4 Å². The molecule has 20 heavy (non-hydrogen) atoms. The van der Waals surface area contributed by atoms with Crippen molar-refractivity contribution >= 4 is 40.7 Å². The highest BCUT2D eigenvalue weighted by molar-refractivity contribution is 6.36. The molecule has 104 valence electrons. The number of hydrogen-bond donors (Lipinski definition) is 2. The van der Waals surface area contributed by atoms with Crippen molar-refractivity contribution in [2.45, 2.75) is 18.8 Å². The lowest BCUT2D eigenvalue weighted by atomic mass is 10.2. The van der Waals surface area contributed by atoms with Crippen LogP contribution in [0.5, 0.6) is 0 Å². The molecule has 1 fully saturated rings. The summed E-state index contributed by atoms with van der Waals surface area (Å²) < 4.78 is 0. The molecule has 1 aromatic heterocycles. The molecule has 1 aliphatic rings. The van der Waals surface area contributed by atoms with E-state index >= 15 is 0 Å². The summed E-state index contributed by atoms with van der Waals surface area (Å²) in [6, 6.07) is 7.30. The summed E-state index contributed by atoms with van der Waals surface area (Å²) in [5.41, 5.74) is 1.84. The van der Waals surface area contributed by atoms with Crippen molar-refractivity contribution < 1.29 is 0 Å². The number of hydrogen-bond acceptors (Lipinski definition) is 4. The molecule has 0 radical (unpaired) electrons. The SMILES string of the molecule is CNc1nc(Nc2ccc(Cl)cc2Cl)cc(C2CC2)n1. The molecule has 6 heteroatoms. The molecule has 2 N–H and O–H groups in total. The second kappa shape index (κ2) is 5.46. The Kier molecular flexibility index (Phi) is 3.68. The van der Waals surface area contributed by atoms with Gasteiger partial charge in [-0.15, -0.1) is 0 Å². The van der Waals surface area contributed by atoms with E-state index in [-0.39, 0.29) is 0 Å². The Morgan fingerprint density at radius 3 is 2.60 bits per heavy atom. The van der Waals surface area contributed by atoms with Gasteiger partial charge >= 0.3 is 0 Å². The molecular formula is C14H14Cl2N4. The average Bonchev–Trinajstić information content (AvgIpc) is 3.26. The van der Waals surface area contributed by atoms with Crippen LogP contribution < -0.4 is 10.6 Å². The van der Waals surface area contributed by atoms with E-state index in [1.54, 1.807) is 12.1 Å².